The summed E-state index contributed by atoms with van der Waals surface area (Å²) < 4.78 is 5.56. The first-order valence-corrected chi connectivity index (χ1v) is 5.04. The third kappa shape index (κ3) is 1.74. The van der Waals surface area contributed by atoms with Crippen molar-refractivity contribution in [1.82, 2.24) is 0 Å². The second-order valence-electron chi connectivity index (χ2n) is 3.77. The van der Waals surface area contributed by atoms with Crippen molar-refractivity contribution in [3.05, 3.63) is 36.2 Å². The largest absolute Gasteiger partial charge is 0.481 e. The summed E-state index contributed by atoms with van der Waals surface area (Å²) in [5.41, 5.74) is 0.934. The van der Waals surface area contributed by atoms with Gasteiger partial charge in [-0.25, -0.2) is 0 Å². The van der Waals surface area contributed by atoms with E-state index in [4.69, 9.17) is 9.84 Å². The number of carboxylic acids is 1. The molecule has 1 atom stereocenters. The van der Waals surface area contributed by atoms with Crippen LogP contribution >= 0.6 is 0 Å². The van der Waals surface area contributed by atoms with Crippen molar-refractivity contribution in [2.24, 2.45) is 5.92 Å². The van der Waals surface area contributed by atoms with Crippen LogP contribution in [0.25, 0.3) is 0 Å². The van der Waals surface area contributed by atoms with E-state index in [-0.39, 0.29) is 0 Å². The number of fused-ring (bicyclic) bond motifs is 1. The van der Waals surface area contributed by atoms with Crippen LogP contribution in [0.4, 0.5) is 5.69 Å². The lowest BCUT2D eigenvalue weighted by molar-refractivity contribution is -0.140. The maximum absolute atomic E-state index is 10.9. The normalized spacial score (nSPS) is 15.9. The van der Waals surface area contributed by atoms with Gasteiger partial charge in [0, 0.05) is 13.2 Å². The monoisotopic (exact) mass is 219 g/mol. The Balaban J connectivity index is 2.33. The number of hydrogen-bond acceptors (Lipinski definition) is 3. The lowest BCUT2D eigenvalue weighted by atomic mass is 10.1. The van der Waals surface area contributed by atoms with Crippen LogP contribution in [0.1, 0.15) is 6.92 Å². The third-order valence-electron chi connectivity index (χ3n) is 2.59. The van der Waals surface area contributed by atoms with Crippen LogP contribution in [0.3, 0.4) is 0 Å². The van der Waals surface area contributed by atoms with Gasteiger partial charge in [-0.05, 0) is 19.1 Å². The molecular formula is C12H13NO3. The molecule has 2 rings (SSSR count). The van der Waals surface area contributed by atoms with Gasteiger partial charge in [-0.1, -0.05) is 12.1 Å². The molecule has 0 spiro atoms. The number of benzene rings is 1. The zero-order valence-electron chi connectivity index (χ0n) is 9.18. The van der Waals surface area contributed by atoms with E-state index in [2.05, 4.69) is 0 Å². The number of rotatable bonds is 2. The van der Waals surface area contributed by atoms with Crippen molar-refractivity contribution in [2.75, 3.05) is 11.9 Å². The topological polar surface area (TPSA) is 49.8 Å². The van der Waals surface area contributed by atoms with E-state index < -0.39 is 11.9 Å². The molecule has 1 unspecified atom stereocenters. The Morgan fingerprint density at radius 2 is 2.12 bits per heavy atom. The number of para-hydroxylation sites is 2. The van der Waals surface area contributed by atoms with Gasteiger partial charge in [-0.15, -0.1) is 0 Å². The van der Waals surface area contributed by atoms with Gasteiger partial charge < -0.3 is 14.7 Å². The summed E-state index contributed by atoms with van der Waals surface area (Å²) >= 11 is 0. The van der Waals surface area contributed by atoms with Gasteiger partial charge in [0.15, 0.2) is 5.75 Å². The fourth-order valence-corrected chi connectivity index (χ4v) is 1.57. The van der Waals surface area contributed by atoms with Gasteiger partial charge in [-0.3, -0.25) is 4.79 Å². The van der Waals surface area contributed by atoms with E-state index >= 15 is 0 Å². The average molecular weight is 219 g/mol. The van der Waals surface area contributed by atoms with Crippen LogP contribution in [0.5, 0.6) is 5.75 Å². The molecule has 1 aromatic carbocycles. The first-order chi connectivity index (χ1) is 7.59. The number of carboxylic acid groups (broad SMARTS) is 1. The molecule has 1 aliphatic rings. The van der Waals surface area contributed by atoms with E-state index in [1.807, 2.05) is 36.2 Å². The molecule has 1 aliphatic heterocycles. The summed E-state index contributed by atoms with van der Waals surface area (Å²) in [4.78, 5) is 12.7. The molecule has 0 saturated carbocycles. The third-order valence-corrected chi connectivity index (χ3v) is 2.59. The van der Waals surface area contributed by atoms with Crippen LogP contribution in [0.15, 0.2) is 36.2 Å². The van der Waals surface area contributed by atoms with E-state index in [0.29, 0.717) is 11.5 Å². The molecule has 1 heterocycles. The maximum Gasteiger partial charge on any atom is 0.313 e. The van der Waals surface area contributed by atoms with Crippen molar-refractivity contribution in [3.63, 3.8) is 0 Å². The Morgan fingerprint density at radius 3 is 2.81 bits per heavy atom. The van der Waals surface area contributed by atoms with E-state index in [1.165, 1.54) is 0 Å². The fraction of sp³-hybridized carbons (Fsp3) is 0.250. The number of hydrogen-bond donors (Lipinski definition) is 1. The molecule has 0 amide bonds. The SMILES string of the molecule is CC(C(=O)O)C1=CN(C)c2ccccc2O1. The molecule has 0 saturated heterocycles. The minimum absolute atomic E-state index is 0.453. The zero-order valence-corrected chi connectivity index (χ0v) is 9.18. The molecular weight excluding hydrogens is 206 g/mol. The van der Waals surface area contributed by atoms with Gasteiger partial charge in [0.25, 0.3) is 0 Å². The average Bonchev–Trinajstić information content (AvgIpc) is 2.28. The highest BCUT2D eigenvalue weighted by Crippen LogP contribution is 2.34. The Bertz CT molecular complexity index is 453. The lowest BCUT2D eigenvalue weighted by Gasteiger charge is -2.27. The number of anilines is 1. The number of carbonyl (C=O) groups is 1. The summed E-state index contributed by atoms with van der Waals surface area (Å²) in [7, 11) is 1.87. The van der Waals surface area contributed by atoms with E-state index in [9.17, 15) is 4.79 Å². The first-order valence-electron chi connectivity index (χ1n) is 5.04. The highest BCUT2D eigenvalue weighted by atomic mass is 16.5. The summed E-state index contributed by atoms with van der Waals surface area (Å²) in [5.74, 6) is -0.390. The molecule has 0 aromatic heterocycles. The molecule has 4 nitrogen and oxygen atoms in total. The van der Waals surface area contributed by atoms with Crippen LogP contribution in [-0.2, 0) is 4.79 Å². The van der Waals surface area contributed by atoms with Crippen molar-refractivity contribution >= 4 is 11.7 Å². The quantitative estimate of drug-likeness (QED) is 0.827. The molecule has 16 heavy (non-hydrogen) atoms. The van der Waals surface area contributed by atoms with Gasteiger partial charge >= 0.3 is 5.97 Å². The highest BCUT2D eigenvalue weighted by molar-refractivity contribution is 5.74. The molecule has 0 radical (unpaired) electrons. The van der Waals surface area contributed by atoms with Crippen LogP contribution < -0.4 is 9.64 Å². The second kappa shape index (κ2) is 3.89. The lowest BCUT2D eigenvalue weighted by Crippen LogP contribution is -2.24. The van der Waals surface area contributed by atoms with Crippen molar-refractivity contribution in [1.29, 1.82) is 0 Å². The number of nitrogens with zero attached hydrogens (tertiary/aromatic N) is 1. The van der Waals surface area contributed by atoms with Crippen molar-refractivity contribution in [2.45, 2.75) is 6.92 Å². The number of ether oxygens (including phenoxy) is 1. The highest BCUT2D eigenvalue weighted by Gasteiger charge is 2.24. The zero-order chi connectivity index (χ0) is 11.7. The Hall–Kier alpha value is -1.97. The molecule has 0 bridgehead atoms. The molecule has 84 valence electrons. The molecule has 0 aliphatic carbocycles. The molecule has 1 aromatic rings. The standard InChI is InChI=1S/C12H13NO3/c1-8(12(14)15)11-7-13(2)9-5-3-4-6-10(9)16-11/h3-8H,1-2H3,(H,14,15). The summed E-state index contributed by atoms with van der Waals surface area (Å²) in [6.45, 7) is 1.61. The maximum atomic E-state index is 10.9. The Kier molecular flexibility index (Phi) is 2.56. The van der Waals surface area contributed by atoms with Crippen molar-refractivity contribution < 1.29 is 14.6 Å². The van der Waals surface area contributed by atoms with Gasteiger partial charge in [0.1, 0.15) is 11.7 Å². The minimum atomic E-state index is -0.890. The minimum Gasteiger partial charge on any atom is -0.481 e. The summed E-state index contributed by atoms with van der Waals surface area (Å²) in [5, 5.41) is 8.93. The smallest absolute Gasteiger partial charge is 0.313 e. The first kappa shape index (κ1) is 10.5. The van der Waals surface area contributed by atoms with Crippen LogP contribution in [0, 0.1) is 5.92 Å². The number of aliphatic carboxylic acids is 1. The van der Waals surface area contributed by atoms with E-state index in [1.54, 1.807) is 13.1 Å². The van der Waals surface area contributed by atoms with Crippen LogP contribution in [0.2, 0.25) is 0 Å². The molecule has 4 heteroatoms. The van der Waals surface area contributed by atoms with Crippen LogP contribution in [-0.4, -0.2) is 18.1 Å². The summed E-state index contributed by atoms with van der Waals surface area (Å²) in [6.07, 6.45) is 1.71. The van der Waals surface area contributed by atoms with Gasteiger partial charge in [0.2, 0.25) is 0 Å². The molecule has 1 N–H and O–H groups in total. The predicted molar refractivity (Wildman–Crippen MR) is 60.4 cm³/mol. The predicted octanol–water partition coefficient (Wildman–Crippen LogP) is 2.08. The Labute approximate surface area is 93.8 Å². The second-order valence-corrected chi connectivity index (χ2v) is 3.77. The fourth-order valence-electron chi connectivity index (χ4n) is 1.57. The molecule has 0 fully saturated rings. The van der Waals surface area contributed by atoms with Gasteiger partial charge in [0.05, 0.1) is 5.69 Å². The Morgan fingerprint density at radius 1 is 1.44 bits per heavy atom. The van der Waals surface area contributed by atoms with Crippen molar-refractivity contribution in [3.8, 4) is 5.75 Å². The van der Waals surface area contributed by atoms with E-state index in [0.717, 1.165) is 5.69 Å². The van der Waals surface area contributed by atoms with Gasteiger partial charge in [-0.2, -0.15) is 0 Å². The summed E-state index contributed by atoms with van der Waals surface area (Å²) in [6, 6.07) is 7.53.